The number of rotatable bonds is 13. The second kappa shape index (κ2) is 19.1. The SMILES string of the molecule is COc1cccc2[nH]c(C(=O)N3CC4(CCC4)C[C@H]3C(=O)N[C@@H](C[C@@H]3CCNC3=O)C(N)=O)cc12.COc1cccc2[nH]c(C(=O)N3CC4(CCC4)C[C@H]3C(=O)N[C@H](C#N)C[C@@H]3CCNC3=O)cc12. The highest BCUT2D eigenvalue weighted by atomic mass is 16.5. The maximum Gasteiger partial charge on any atom is 0.271 e. The van der Waals surface area contributed by atoms with E-state index in [-0.39, 0.29) is 65.0 Å². The Kier molecular flexibility index (Phi) is 13.0. The summed E-state index contributed by atoms with van der Waals surface area (Å²) in [4.78, 5) is 99.6. The van der Waals surface area contributed by atoms with Gasteiger partial charge in [-0.15, -0.1) is 0 Å². The third kappa shape index (κ3) is 9.28. The first-order valence-electron chi connectivity index (χ1n) is 24.0. The zero-order chi connectivity index (χ0) is 48.6. The molecule has 6 aliphatic rings. The van der Waals surface area contributed by atoms with Crippen LogP contribution in [0.2, 0.25) is 0 Å². The Morgan fingerprint density at radius 2 is 1.20 bits per heavy atom. The zero-order valence-electron chi connectivity index (χ0n) is 39.0. The number of amides is 7. The smallest absolute Gasteiger partial charge is 0.271 e. The molecule has 6 fully saturated rings. The number of hydrogen-bond acceptors (Lipinski definition) is 10. The van der Waals surface area contributed by atoms with E-state index in [1.165, 1.54) is 0 Å². The molecule has 2 saturated carbocycles. The molecule has 4 aromatic rings. The summed E-state index contributed by atoms with van der Waals surface area (Å²) in [5, 5.41) is 22.3. The molecule has 69 heavy (non-hydrogen) atoms. The van der Waals surface area contributed by atoms with E-state index >= 15 is 0 Å². The third-order valence-electron chi connectivity index (χ3n) is 15.6. The number of primary amides is 1. The number of methoxy groups -OCH3 is 2. The van der Waals surface area contributed by atoms with Gasteiger partial charge in [0.15, 0.2) is 0 Å². The van der Waals surface area contributed by atoms with Gasteiger partial charge in [-0.25, -0.2) is 0 Å². The largest absolute Gasteiger partial charge is 0.496 e. The number of ether oxygens (including phenoxy) is 2. The number of aromatic amines is 2. The van der Waals surface area contributed by atoms with E-state index in [2.05, 4.69) is 37.3 Å². The van der Waals surface area contributed by atoms with Crippen molar-refractivity contribution >= 4 is 63.2 Å². The normalized spacial score (nSPS) is 23.8. The summed E-state index contributed by atoms with van der Waals surface area (Å²) >= 11 is 0. The summed E-state index contributed by atoms with van der Waals surface area (Å²) < 4.78 is 10.8. The molecule has 2 aliphatic carbocycles. The van der Waals surface area contributed by atoms with Gasteiger partial charge in [0.05, 0.1) is 20.3 Å². The van der Waals surface area contributed by atoms with E-state index in [9.17, 15) is 38.8 Å². The van der Waals surface area contributed by atoms with Crippen LogP contribution in [-0.2, 0) is 24.0 Å². The van der Waals surface area contributed by atoms with Crippen LogP contribution in [0.15, 0.2) is 48.5 Å². The highest BCUT2D eigenvalue weighted by molar-refractivity contribution is 6.03. The third-order valence-corrected chi connectivity index (χ3v) is 15.6. The lowest BCUT2D eigenvalue weighted by Crippen LogP contribution is -2.53. The maximum atomic E-state index is 13.6. The molecule has 0 radical (unpaired) electrons. The zero-order valence-corrected chi connectivity index (χ0v) is 39.0. The molecule has 2 aromatic heterocycles. The Balaban J connectivity index is 0.000000172. The molecule has 4 saturated heterocycles. The van der Waals surface area contributed by atoms with Crippen LogP contribution in [-0.4, -0.2) is 126 Å². The van der Waals surface area contributed by atoms with Gasteiger partial charge in [-0.05, 0) is 111 Å². The fourth-order valence-corrected chi connectivity index (χ4v) is 11.5. The summed E-state index contributed by atoms with van der Waals surface area (Å²) in [7, 11) is 3.17. The number of likely N-dealkylation sites (tertiary alicyclic amines) is 2. The quantitative estimate of drug-likeness (QED) is 0.103. The van der Waals surface area contributed by atoms with Crippen molar-refractivity contribution < 1.29 is 43.0 Å². The average Bonchev–Trinajstić information content (AvgIpc) is 4.19. The number of aromatic nitrogens is 2. The van der Waals surface area contributed by atoms with Gasteiger partial charge in [-0.2, -0.15) is 5.26 Å². The van der Waals surface area contributed by atoms with Crippen molar-refractivity contribution in [2.24, 2.45) is 28.4 Å². The van der Waals surface area contributed by atoms with Gasteiger partial charge >= 0.3 is 0 Å². The Bertz CT molecular complexity index is 2730. The van der Waals surface area contributed by atoms with E-state index in [4.69, 9.17) is 15.2 Å². The fourth-order valence-electron chi connectivity index (χ4n) is 11.5. The molecule has 0 bridgehead atoms. The number of benzene rings is 2. The number of nitrogens with two attached hydrogens (primary N) is 1. The second-order valence-corrected chi connectivity index (χ2v) is 19.9. The van der Waals surface area contributed by atoms with Crippen molar-refractivity contribution in [2.75, 3.05) is 40.4 Å². The van der Waals surface area contributed by atoms with Gasteiger partial charge < -0.3 is 56.2 Å². The Morgan fingerprint density at radius 1 is 0.739 bits per heavy atom. The molecule has 6 atom stereocenters. The lowest BCUT2D eigenvalue weighted by molar-refractivity contribution is -0.131. The van der Waals surface area contributed by atoms with Crippen molar-refractivity contribution in [3.05, 3.63) is 59.9 Å². The van der Waals surface area contributed by atoms with Crippen LogP contribution in [0.1, 0.15) is 98.0 Å². The van der Waals surface area contributed by atoms with Gasteiger partial charge in [0, 0.05) is 59.8 Å². The molecule has 2 spiro atoms. The van der Waals surface area contributed by atoms with E-state index in [0.717, 1.165) is 60.3 Å². The molecule has 4 aliphatic heterocycles. The van der Waals surface area contributed by atoms with E-state index < -0.39 is 36.0 Å². The van der Waals surface area contributed by atoms with Crippen LogP contribution in [0.4, 0.5) is 0 Å². The topological polar surface area (TPSA) is 274 Å². The van der Waals surface area contributed by atoms with Gasteiger partial charge in [0.25, 0.3) is 11.8 Å². The van der Waals surface area contributed by atoms with Crippen LogP contribution < -0.4 is 36.5 Å². The first-order chi connectivity index (χ1) is 33.2. The highest BCUT2D eigenvalue weighted by Crippen LogP contribution is 2.52. The number of nitrogens with one attached hydrogen (secondary N) is 6. The Hall–Kier alpha value is -7.10. The van der Waals surface area contributed by atoms with E-state index in [0.29, 0.717) is 74.7 Å². The predicted octanol–water partition coefficient (Wildman–Crippen LogP) is 3.15. The van der Waals surface area contributed by atoms with Crippen LogP contribution in [0, 0.1) is 34.0 Å². The molecule has 10 rings (SSSR count). The molecule has 19 nitrogen and oxygen atoms in total. The molecule has 7 amide bonds. The first kappa shape index (κ1) is 47.0. The van der Waals surface area contributed by atoms with Crippen molar-refractivity contribution in [3.63, 3.8) is 0 Å². The van der Waals surface area contributed by atoms with Gasteiger partial charge in [0.2, 0.25) is 29.5 Å². The van der Waals surface area contributed by atoms with Gasteiger partial charge in [-0.1, -0.05) is 25.0 Å². The number of carbonyl (C=O) groups excluding carboxylic acids is 7. The standard InChI is InChI=1S/C25H31N5O5.C25H29N5O4/c1-35-20-5-2-4-16-15(20)11-18(28-16)24(34)30-13-25(7-3-8-25)12-19(30)23(33)29-17(21(26)31)10-14-6-9-27-22(14)32;1-34-21-5-2-4-18-17(21)11-19(29-18)24(33)30-14-25(7-3-8-25)12-20(30)23(32)28-16(13-26)10-15-6-9-27-22(15)31/h2,4-5,11,14,17,19,28H,3,6-10,12-13H2,1H3,(H2,26,31)(H,27,32)(H,29,33);2,4-5,11,15-16,20,29H,3,6-10,12,14H2,1H3,(H,27,31)(H,28,32)/t14-,17-,19-;15-,16-,20-/m00/s1. The fraction of sp³-hybridized carbons (Fsp3) is 0.520. The van der Waals surface area contributed by atoms with Crippen LogP contribution in [0.25, 0.3) is 21.8 Å². The van der Waals surface area contributed by atoms with Crippen molar-refractivity contribution in [1.29, 1.82) is 5.26 Å². The summed E-state index contributed by atoms with van der Waals surface area (Å²) in [6, 6.07) is 13.7. The van der Waals surface area contributed by atoms with Crippen LogP contribution in [0.5, 0.6) is 11.5 Å². The highest BCUT2D eigenvalue weighted by Gasteiger charge is 2.53. The minimum Gasteiger partial charge on any atom is -0.496 e. The Morgan fingerprint density at radius 3 is 1.59 bits per heavy atom. The van der Waals surface area contributed by atoms with Crippen molar-refractivity contribution in [2.45, 2.75) is 101 Å². The number of nitriles is 1. The lowest BCUT2D eigenvalue weighted by Gasteiger charge is -2.37. The lowest BCUT2D eigenvalue weighted by atomic mass is 9.67. The molecule has 0 unspecified atom stereocenters. The summed E-state index contributed by atoms with van der Waals surface area (Å²) in [6.45, 7) is 2.16. The van der Waals surface area contributed by atoms with E-state index in [1.807, 2.05) is 36.4 Å². The number of H-pyrrole nitrogens is 2. The minimum atomic E-state index is -0.969. The van der Waals surface area contributed by atoms with Crippen LogP contribution >= 0.6 is 0 Å². The monoisotopic (exact) mass is 944 g/mol. The van der Waals surface area contributed by atoms with Gasteiger partial charge in [-0.3, -0.25) is 33.6 Å². The first-order valence-corrected chi connectivity index (χ1v) is 24.0. The molecule has 19 heteroatoms. The van der Waals surface area contributed by atoms with Gasteiger partial charge in [0.1, 0.15) is 47.1 Å². The molecular formula is C50H60N10O9. The molecule has 8 N–H and O–H groups in total. The van der Waals surface area contributed by atoms with Crippen LogP contribution in [0.3, 0.4) is 0 Å². The second-order valence-electron chi connectivity index (χ2n) is 19.9. The average molecular weight is 945 g/mol. The summed E-state index contributed by atoms with van der Waals surface area (Å²) in [5.74, 6) is -1.43. The minimum absolute atomic E-state index is 0.0329. The number of carbonyl (C=O) groups is 7. The molecule has 2 aromatic carbocycles. The molecule has 364 valence electrons. The van der Waals surface area contributed by atoms with E-state index in [1.54, 1.807) is 36.2 Å². The molecule has 6 heterocycles. The number of hydrogen-bond donors (Lipinski definition) is 7. The number of fused-ring (bicyclic) bond motifs is 2. The summed E-state index contributed by atoms with van der Waals surface area (Å²) in [6.07, 6.45) is 8.90. The molecular weight excluding hydrogens is 885 g/mol. The van der Waals surface area contributed by atoms with Crippen molar-refractivity contribution in [1.82, 2.24) is 41.0 Å². The van der Waals surface area contributed by atoms with Crippen molar-refractivity contribution in [3.8, 4) is 17.6 Å². The predicted molar refractivity (Wildman–Crippen MR) is 251 cm³/mol. The Labute approximate surface area is 398 Å². The summed E-state index contributed by atoms with van der Waals surface area (Å²) in [5.41, 5.74) is 7.82. The maximum absolute atomic E-state index is 13.6. The number of nitrogens with zero attached hydrogens (tertiary/aromatic N) is 3.